The lowest BCUT2D eigenvalue weighted by Crippen LogP contribution is -2.45. The number of carbonyl (C=O) groups excluding carboxylic acids is 1. The third kappa shape index (κ3) is 2.88. The summed E-state index contributed by atoms with van der Waals surface area (Å²) in [5, 5.41) is 9.91. The average Bonchev–Trinajstić information content (AvgIpc) is 2.48. The smallest absolute Gasteiger partial charge is 0.257 e. The summed E-state index contributed by atoms with van der Waals surface area (Å²) in [6.45, 7) is 3.03. The van der Waals surface area contributed by atoms with Crippen LogP contribution in [0, 0.1) is 5.92 Å². The summed E-state index contributed by atoms with van der Waals surface area (Å²) in [6, 6.07) is 5.12. The van der Waals surface area contributed by atoms with Crippen LogP contribution < -0.4 is 9.47 Å². The van der Waals surface area contributed by atoms with Gasteiger partial charge < -0.3 is 19.5 Å². The standard InChI is InChI=1S/C15H21NO4/c1-10-6-7-16(9-13(10)17)15(18)12-5-4-11(19-2)8-14(12)20-3/h4-5,8,10,13,17H,6-7,9H2,1-3H3. The van der Waals surface area contributed by atoms with Gasteiger partial charge in [0.2, 0.25) is 0 Å². The molecule has 0 saturated carbocycles. The number of amides is 1. The molecule has 1 heterocycles. The monoisotopic (exact) mass is 279 g/mol. The van der Waals surface area contributed by atoms with Gasteiger partial charge in [0.05, 0.1) is 25.9 Å². The number of carbonyl (C=O) groups is 1. The lowest BCUT2D eigenvalue weighted by atomic mass is 9.95. The van der Waals surface area contributed by atoms with E-state index in [1.54, 1.807) is 30.2 Å². The summed E-state index contributed by atoms with van der Waals surface area (Å²) >= 11 is 0. The van der Waals surface area contributed by atoms with Crippen molar-refractivity contribution in [3.63, 3.8) is 0 Å². The van der Waals surface area contributed by atoms with Gasteiger partial charge in [0.1, 0.15) is 11.5 Å². The van der Waals surface area contributed by atoms with E-state index in [-0.39, 0.29) is 11.8 Å². The second-order valence-corrected chi connectivity index (χ2v) is 5.15. The number of aliphatic hydroxyl groups is 1. The van der Waals surface area contributed by atoms with E-state index in [1.807, 2.05) is 6.92 Å². The van der Waals surface area contributed by atoms with Crippen LogP contribution in [-0.2, 0) is 0 Å². The highest BCUT2D eigenvalue weighted by Gasteiger charge is 2.29. The second-order valence-electron chi connectivity index (χ2n) is 5.15. The van der Waals surface area contributed by atoms with Crippen molar-refractivity contribution in [3.8, 4) is 11.5 Å². The molecule has 1 fully saturated rings. The van der Waals surface area contributed by atoms with Crippen molar-refractivity contribution in [2.45, 2.75) is 19.4 Å². The summed E-state index contributed by atoms with van der Waals surface area (Å²) in [6.07, 6.45) is 0.350. The Morgan fingerprint density at radius 1 is 1.35 bits per heavy atom. The topological polar surface area (TPSA) is 59.0 Å². The molecular formula is C15H21NO4. The number of aliphatic hydroxyl groups excluding tert-OH is 1. The number of likely N-dealkylation sites (tertiary alicyclic amines) is 1. The van der Waals surface area contributed by atoms with Crippen LogP contribution in [-0.4, -0.2) is 49.3 Å². The summed E-state index contributed by atoms with van der Waals surface area (Å²) in [5.74, 6) is 1.25. The van der Waals surface area contributed by atoms with E-state index >= 15 is 0 Å². The first kappa shape index (κ1) is 14.7. The number of methoxy groups -OCH3 is 2. The van der Waals surface area contributed by atoms with Crippen molar-refractivity contribution >= 4 is 5.91 Å². The summed E-state index contributed by atoms with van der Waals surface area (Å²) < 4.78 is 10.4. The average molecular weight is 279 g/mol. The first-order valence-corrected chi connectivity index (χ1v) is 6.76. The van der Waals surface area contributed by atoms with E-state index in [1.165, 1.54) is 7.11 Å². The summed E-state index contributed by atoms with van der Waals surface area (Å²) in [4.78, 5) is 14.2. The lowest BCUT2D eigenvalue weighted by Gasteiger charge is -2.34. The number of ether oxygens (including phenoxy) is 2. The Bertz CT molecular complexity index is 489. The van der Waals surface area contributed by atoms with E-state index in [0.29, 0.717) is 30.2 Å². The molecule has 0 spiro atoms. The Balaban J connectivity index is 2.20. The Kier molecular flexibility index (Phi) is 4.49. The zero-order valence-electron chi connectivity index (χ0n) is 12.1. The van der Waals surface area contributed by atoms with Gasteiger partial charge >= 0.3 is 0 Å². The minimum absolute atomic E-state index is 0.115. The highest BCUT2D eigenvalue weighted by atomic mass is 16.5. The zero-order chi connectivity index (χ0) is 14.7. The molecule has 1 aliphatic rings. The molecule has 5 heteroatoms. The van der Waals surface area contributed by atoms with Gasteiger partial charge in [0.15, 0.2) is 0 Å². The Morgan fingerprint density at radius 3 is 2.70 bits per heavy atom. The van der Waals surface area contributed by atoms with Crippen molar-refractivity contribution in [2.24, 2.45) is 5.92 Å². The van der Waals surface area contributed by atoms with Crippen LogP contribution in [0.2, 0.25) is 0 Å². The Hall–Kier alpha value is -1.75. The first-order valence-electron chi connectivity index (χ1n) is 6.76. The molecule has 5 nitrogen and oxygen atoms in total. The van der Waals surface area contributed by atoms with Gasteiger partial charge in [-0.15, -0.1) is 0 Å². The van der Waals surface area contributed by atoms with Crippen molar-refractivity contribution in [1.29, 1.82) is 0 Å². The fraction of sp³-hybridized carbons (Fsp3) is 0.533. The van der Waals surface area contributed by atoms with Crippen molar-refractivity contribution in [1.82, 2.24) is 4.90 Å². The third-order valence-electron chi connectivity index (χ3n) is 3.84. The number of rotatable bonds is 3. The SMILES string of the molecule is COc1ccc(C(=O)N2CCC(C)C(O)C2)c(OC)c1. The van der Waals surface area contributed by atoms with Crippen LogP contribution in [0.4, 0.5) is 0 Å². The molecule has 2 atom stereocenters. The predicted molar refractivity (Wildman–Crippen MR) is 75.2 cm³/mol. The van der Waals surface area contributed by atoms with Gasteiger partial charge in [-0.1, -0.05) is 6.92 Å². The molecule has 0 radical (unpaired) electrons. The molecule has 0 bridgehead atoms. The maximum Gasteiger partial charge on any atom is 0.257 e. The molecule has 2 rings (SSSR count). The molecule has 0 aromatic heterocycles. The van der Waals surface area contributed by atoms with Gasteiger partial charge in [-0.3, -0.25) is 4.79 Å². The van der Waals surface area contributed by atoms with E-state index in [4.69, 9.17) is 9.47 Å². The number of β-amino-alcohol motifs (C(OH)–C–C–N with tert-alkyl or cyclic N) is 1. The molecule has 1 aromatic rings. The minimum atomic E-state index is -0.461. The zero-order valence-corrected chi connectivity index (χ0v) is 12.1. The van der Waals surface area contributed by atoms with Crippen LogP contribution in [0.3, 0.4) is 0 Å². The molecule has 2 unspecified atom stereocenters. The maximum atomic E-state index is 12.5. The summed E-state index contributed by atoms with van der Waals surface area (Å²) in [5.41, 5.74) is 0.495. The van der Waals surface area contributed by atoms with Crippen LogP contribution in [0.25, 0.3) is 0 Å². The largest absolute Gasteiger partial charge is 0.497 e. The number of hydrogen-bond acceptors (Lipinski definition) is 4. The molecule has 1 N–H and O–H groups in total. The van der Waals surface area contributed by atoms with Crippen molar-refractivity contribution in [3.05, 3.63) is 23.8 Å². The van der Waals surface area contributed by atoms with Crippen molar-refractivity contribution in [2.75, 3.05) is 27.3 Å². The maximum absolute atomic E-state index is 12.5. The van der Waals surface area contributed by atoms with Crippen LogP contribution >= 0.6 is 0 Å². The van der Waals surface area contributed by atoms with E-state index < -0.39 is 6.10 Å². The second kappa shape index (κ2) is 6.13. The van der Waals surface area contributed by atoms with Gasteiger partial charge in [-0.05, 0) is 24.5 Å². The van der Waals surface area contributed by atoms with Gasteiger partial charge in [-0.25, -0.2) is 0 Å². The van der Waals surface area contributed by atoms with Crippen LogP contribution in [0.1, 0.15) is 23.7 Å². The Morgan fingerprint density at radius 2 is 2.10 bits per heavy atom. The molecular weight excluding hydrogens is 258 g/mol. The number of piperidine rings is 1. The van der Waals surface area contributed by atoms with Gasteiger partial charge in [0.25, 0.3) is 5.91 Å². The molecule has 110 valence electrons. The molecule has 1 saturated heterocycles. The van der Waals surface area contributed by atoms with Gasteiger partial charge in [0, 0.05) is 19.2 Å². The van der Waals surface area contributed by atoms with Gasteiger partial charge in [-0.2, -0.15) is 0 Å². The molecule has 1 aromatic carbocycles. The van der Waals surface area contributed by atoms with Crippen LogP contribution in [0.15, 0.2) is 18.2 Å². The normalized spacial score (nSPS) is 22.5. The predicted octanol–water partition coefficient (Wildman–Crippen LogP) is 1.55. The lowest BCUT2D eigenvalue weighted by molar-refractivity contribution is 0.0247. The fourth-order valence-electron chi connectivity index (χ4n) is 2.38. The first-order chi connectivity index (χ1) is 9.56. The minimum Gasteiger partial charge on any atom is -0.497 e. The van der Waals surface area contributed by atoms with Crippen molar-refractivity contribution < 1.29 is 19.4 Å². The highest BCUT2D eigenvalue weighted by molar-refractivity contribution is 5.97. The molecule has 0 aliphatic carbocycles. The number of hydrogen-bond donors (Lipinski definition) is 1. The Labute approximate surface area is 119 Å². The molecule has 1 amide bonds. The van der Waals surface area contributed by atoms with E-state index in [0.717, 1.165) is 6.42 Å². The molecule has 20 heavy (non-hydrogen) atoms. The molecule has 1 aliphatic heterocycles. The van der Waals surface area contributed by atoms with Crippen LogP contribution in [0.5, 0.6) is 11.5 Å². The van der Waals surface area contributed by atoms with E-state index in [9.17, 15) is 9.90 Å². The number of benzene rings is 1. The fourth-order valence-corrected chi connectivity index (χ4v) is 2.38. The highest BCUT2D eigenvalue weighted by Crippen LogP contribution is 2.27. The third-order valence-corrected chi connectivity index (χ3v) is 3.84. The quantitative estimate of drug-likeness (QED) is 0.912. The number of nitrogens with zero attached hydrogens (tertiary/aromatic N) is 1. The van der Waals surface area contributed by atoms with E-state index in [2.05, 4.69) is 0 Å². The summed E-state index contributed by atoms with van der Waals surface area (Å²) in [7, 11) is 3.09.